The third-order valence-corrected chi connectivity index (χ3v) is 6.76. The van der Waals surface area contributed by atoms with Gasteiger partial charge in [0.25, 0.3) is 0 Å². The lowest BCUT2D eigenvalue weighted by Crippen LogP contribution is -2.49. The molecule has 1 saturated heterocycles. The van der Waals surface area contributed by atoms with Gasteiger partial charge in [-0.2, -0.15) is 9.57 Å². The van der Waals surface area contributed by atoms with Gasteiger partial charge in [0, 0.05) is 38.1 Å². The quantitative estimate of drug-likeness (QED) is 0.738. The van der Waals surface area contributed by atoms with Gasteiger partial charge in [0.15, 0.2) is 0 Å². The van der Waals surface area contributed by atoms with Crippen LogP contribution in [-0.4, -0.2) is 49.7 Å². The lowest BCUT2D eigenvalue weighted by atomic mass is 10.2. The van der Waals surface area contributed by atoms with E-state index in [1.165, 1.54) is 29.4 Å². The number of sulfonamides is 1. The maximum absolute atomic E-state index is 13.3. The number of nitrogens with zero attached hydrogens (tertiary/aromatic N) is 3. The SMILES string of the molecule is CC(=O)N1CCN(S(=O)(=O)c2cc(C#N)ccc2Oc2cc(C)cc(Cl)c2)CC1. The third kappa shape index (κ3) is 4.70. The second-order valence-corrected chi connectivity index (χ2v) is 9.09. The molecule has 2 aromatic carbocycles. The van der Waals surface area contributed by atoms with Crippen LogP contribution in [0.25, 0.3) is 0 Å². The van der Waals surface area contributed by atoms with Crippen molar-refractivity contribution in [2.45, 2.75) is 18.7 Å². The largest absolute Gasteiger partial charge is 0.456 e. The molecular formula is C20H20ClN3O4S. The summed E-state index contributed by atoms with van der Waals surface area (Å²) in [4.78, 5) is 13.0. The summed E-state index contributed by atoms with van der Waals surface area (Å²) in [5.41, 5.74) is 1.08. The summed E-state index contributed by atoms with van der Waals surface area (Å²) < 4.78 is 33.7. The first kappa shape index (κ1) is 21.1. The molecule has 152 valence electrons. The van der Waals surface area contributed by atoms with Crippen LogP contribution in [0.15, 0.2) is 41.3 Å². The average molecular weight is 434 g/mol. The van der Waals surface area contributed by atoms with Crippen LogP contribution < -0.4 is 4.74 Å². The highest BCUT2D eigenvalue weighted by Gasteiger charge is 2.32. The molecule has 1 amide bonds. The van der Waals surface area contributed by atoms with Crippen molar-refractivity contribution in [3.05, 3.63) is 52.5 Å². The predicted octanol–water partition coefficient (Wildman–Crippen LogP) is 3.17. The Hall–Kier alpha value is -2.60. The molecule has 0 atom stereocenters. The van der Waals surface area contributed by atoms with Gasteiger partial charge >= 0.3 is 0 Å². The van der Waals surface area contributed by atoms with Gasteiger partial charge in [-0.3, -0.25) is 4.79 Å². The van der Waals surface area contributed by atoms with E-state index in [0.717, 1.165) is 5.56 Å². The van der Waals surface area contributed by atoms with Crippen LogP contribution in [0.2, 0.25) is 5.02 Å². The zero-order valence-corrected chi connectivity index (χ0v) is 17.6. The molecule has 3 rings (SSSR count). The van der Waals surface area contributed by atoms with Crippen LogP contribution in [0, 0.1) is 18.3 Å². The highest BCUT2D eigenvalue weighted by Crippen LogP contribution is 2.33. The van der Waals surface area contributed by atoms with Crippen molar-refractivity contribution in [1.82, 2.24) is 9.21 Å². The van der Waals surface area contributed by atoms with Crippen molar-refractivity contribution in [2.75, 3.05) is 26.2 Å². The van der Waals surface area contributed by atoms with Crippen LogP contribution >= 0.6 is 11.6 Å². The number of piperazine rings is 1. The monoisotopic (exact) mass is 433 g/mol. The van der Waals surface area contributed by atoms with Crippen LogP contribution in [0.4, 0.5) is 0 Å². The number of halogens is 1. The Balaban J connectivity index is 1.97. The van der Waals surface area contributed by atoms with Crippen molar-refractivity contribution in [3.8, 4) is 17.6 Å². The Morgan fingerprint density at radius 3 is 2.41 bits per heavy atom. The van der Waals surface area contributed by atoms with Gasteiger partial charge in [-0.1, -0.05) is 11.6 Å². The van der Waals surface area contributed by atoms with Crippen molar-refractivity contribution >= 4 is 27.5 Å². The fourth-order valence-corrected chi connectivity index (χ4v) is 4.98. The zero-order chi connectivity index (χ0) is 21.2. The number of nitriles is 1. The molecule has 0 bridgehead atoms. The third-order valence-electron chi connectivity index (χ3n) is 4.62. The number of amides is 1. The first-order valence-electron chi connectivity index (χ1n) is 8.95. The number of carbonyl (C=O) groups excluding carboxylic acids is 1. The topological polar surface area (TPSA) is 90.7 Å². The van der Waals surface area contributed by atoms with Crippen LogP contribution in [0.3, 0.4) is 0 Å². The second kappa shape index (κ2) is 8.41. The number of carbonyl (C=O) groups is 1. The Morgan fingerprint density at radius 1 is 1.14 bits per heavy atom. The molecule has 1 aliphatic heterocycles. The summed E-state index contributed by atoms with van der Waals surface area (Å²) in [5, 5.41) is 9.70. The Morgan fingerprint density at radius 2 is 1.83 bits per heavy atom. The van der Waals surface area contributed by atoms with Gasteiger partial charge in [-0.15, -0.1) is 0 Å². The number of benzene rings is 2. The summed E-state index contributed by atoms with van der Waals surface area (Å²) in [6.07, 6.45) is 0. The van der Waals surface area contributed by atoms with Crippen molar-refractivity contribution in [1.29, 1.82) is 5.26 Å². The molecule has 7 nitrogen and oxygen atoms in total. The molecule has 0 aromatic heterocycles. The average Bonchev–Trinajstić information content (AvgIpc) is 2.67. The highest BCUT2D eigenvalue weighted by atomic mass is 35.5. The summed E-state index contributed by atoms with van der Waals surface area (Å²) in [6, 6.07) is 11.3. The van der Waals surface area contributed by atoms with Crippen LogP contribution in [-0.2, 0) is 14.8 Å². The van der Waals surface area contributed by atoms with E-state index >= 15 is 0 Å². The molecular weight excluding hydrogens is 414 g/mol. The van der Waals surface area contributed by atoms with Crippen LogP contribution in [0.1, 0.15) is 18.1 Å². The van der Waals surface area contributed by atoms with Gasteiger partial charge in [-0.05, 0) is 48.9 Å². The second-order valence-electron chi connectivity index (χ2n) is 6.75. The van der Waals surface area contributed by atoms with E-state index in [4.69, 9.17) is 16.3 Å². The molecule has 29 heavy (non-hydrogen) atoms. The molecule has 0 aliphatic carbocycles. The van der Waals surface area contributed by atoms with Crippen molar-refractivity contribution in [3.63, 3.8) is 0 Å². The van der Waals surface area contributed by atoms with Gasteiger partial charge < -0.3 is 9.64 Å². The molecule has 1 aliphatic rings. The Kier molecular flexibility index (Phi) is 6.13. The summed E-state index contributed by atoms with van der Waals surface area (Å²) in [5.74, 6) is 0.422. The smallest absolute Gasteiger partial charge is 0.246 e. The van der Waals surface area contributed by atoms with E-state index in [9.17, 15) is 18.5 Å². The molecule has 0 unspecified atom stereocenters. The van der Waals surface area contributed by atoms with Gasteiger partial charge in [0.05, 0.1) is 11.6 Å². The molecule has 0 saturated carbocycles. The number of hydrogen-bond donors (Lipinski definition) is 0. The molecule has 1 heterocycles. The number of rotatable bonds is 4. The fourth-order valence-electron chi connectivity index (χ4n) is 3.13. The Bertz CT molecular complexity index is 1070. The minimum atomic E-state index is -3.93. The number of hydrogen-bond acceptors (Lipinski definition) is 5. The normalized spacial score (nSPS) is 15.0. The fraction of sp³-hybridized carbons (Fsp3) is 0.300. The van der Waals surface area contributed by atoms with E-state index in [-0.39, 0.29) is 35.2 Å². The summed E-state index contributed by atoms with van der Waals surface area (Å²) in [7, 11) is -3.93. The van der Waals surface area contributed by atoms with E-state index in [1.54, 1.807) is 23.1 Å². The van der Waals surface area contributed by atoms with Gasteiger partial charge in [0.2, 0.25) is 15.9 Å². The molecule has 0 spiro atoms. The van der Waals surface area contributed by atoms with E-state index in [0.29, 0.717) is 23.9 Å². The minimum Gasteiger partial charge on any atom is -0.456 e. The predicted molar refractivity (Wildman–Crippen MR) is 108 cm³/mol. The van der Waals surface area contributed by atoms with Crippen molar-refractivity contribution in [2.24, 2.45) is 0 Å². The molecule has 9 heteroatoms. The summed E-state index contributed by atoms with van der Waals surface area (Å²) in [6.45, 7) is 4.29. The maximum Gasteiger partial charge on any atom is 0.246 e. The molecule has 2 aromatic rings. The lowest BCUT2D eigenvalue weighted by molar-refractivity contribution is -0.129. The van der Waals surface area contributed by atoms with E-state index in [2.05, 4.69) is 0 Å². The standard InChI is InChI=1S/C20H20ClN3O4S/c1-14-9-17(21)12-18(10-14)28-19-4-3-16(13-22)11-20(19)29(26,27)24-7-5-23(6-8-24)15(2)25/h3-4,9-12H,5-8H2,1-2H3. The summed E-state index contributed by atoms with van der Waals surface area (Å²) >= 11 is 6.07. The minimum absolute atomic E-state index is 0.0890. The first-order valence-corrected chi connectivity index (χ1v) is 10.8. The van der Waals surface area contributed by atoms with E-state index in [1.807, 2.05) is 13.0 Å². The number of ether oxygens (including phenoxy) is 1. The molecule has 0 radical (unpaired) electrons. The Labute approximate surface area is 175 Å². The van der Waals surface area contributed by atoms with E-state index < -0.39 is 10.0 Å². The maximum atomic E-state index is 13.3. The lowest BCUT2D eigenvalue weighted by Gasteiger charge is -2.33. The highest BCUT2D eigenvalue weighted by molar-refractivity contribution is 7.89. The molecule has 0 N–H and O–H groups in total. The van der Waals surface area contributed by atoms with Gasteiger partial charge in [0.1, 0.15) is 16.4 Å². The number of aryl methyl sites for hydroxylation is 1. The first-order chi connectivity index (χ1) is 13.7. The van der Waals surface area contributed by atoms with Crippen LogP contribution in [0.5, 0.6) is 11.5 Å². The molecule has 1 fully saturated rings. The van der Waals surface area contributed by atoms with Gasteiger partial charge in [-0.25, -0.2) is 8.42 Å². The zero-order valence-electron chi connectivity index (χ0n) is 16.1. The van der Waals surface area contributed by atoms with Crippen molar-refractivity contribution < 1.29 is 17.9 Å².